The number of aromatic nitrogens is 2. The highest BCUT2D eigenvalue weighted by molar-refractivity contribution is 7.07. The summed E-state index contributed by atoms with van der Waals surface area (Å²) in [7, 11) is 0. The number of carbonyl (C=O) groups is 1. The van der Waals surface area contributed by atoms with Crippen LogP contribution >= 0.6 is 11.5 Å². The van der Waals surface area contributed by atoms with E-state index in [0.29, 0.717) is 28.8 Å². The predicted octanol–water partition coefficient (Wildman–Crippen LogP) is 4.59. The molecule has 3 aromatic rings. The van der Waals surface area contributed by atoms with E-state index in [1.165, 1.54) is 12.1 Å². The summed E-state index contributed by atoms with van der Waals surface area (Å²) in [4.78, 5) is 16.6. The summed E-state index contributed by atoms with van der Waals surface area (Å²) in [5.41, 5.74) is 1.45. The van der Waals surface area contributed by atoms with Crippen molar-refractivity contribution in [3.63, 3.8) is 0 Å². The zero-order valence-corrected chi connectivity index (χ0v) is 15.9. The lowest BCUT2D eigenvalue weighted by molar-refractivity contribution is 0.0939. The first-order valence-corrected chi connectivity index (χ1v) is 9.46. The van der Waals surface area contributed by atoms with Gasteiger partial charge in [-0.05, 0) is 49.2 Å². The Labute approximate surface area is 161 Å². The molecule has 7 heteroatoms. The molecule has 0 aliphatic rings. The van der Waals surface area contributed by atoms with Gasteiger partial charge in [-0.25, -0.2) is 4.39 Å². The van der Waals surface area contributed by atoms with Crippen LogP contribution in [-0.4, -0.2) is 21.3 Å². The molecule has 1 heterocycles. The van der Waals surface area contributed by atoms with Crippen molar-refractivity contribution in [2.24, 2.45) is 0 Å². The zero-order chi connectivity index (χ0) is 19.2. The van der Waals surface area contributed by atoms with E-state index >= 15 is 0 Å². The molecule has 27 heavy (non-hydrogen) atoms. The van der Waals surface area contributed by atoms with Gasteiger partial charge in [0.05, 0.1) is 0 Å². The lowest BCUT2D eigenvalue weighted by Gasteiger charge is -2.11. The number of rotatable bonds is 7. The van der Waals surface area contributed by atoms with Crippen LogP contribution in [0.15, 0.2) is 48.5 Å². The average molecular weight is 385 g/mol. The fraction of sp³-hybridized carbons (Fsp3) is 0.250. The fourth-order valence-corrected chi connectivity index (χ4v) is 2.92. The second-order valence-electron chi connectivity index (χ2n) is 6.19. The van der Waals surface area contributed by atoms with Gasteiger partial charge in [0.25, 0.3) is 11.1 Å². The van der Waals surface area contributed by atoms with E-state index in [1.54, 1.807) is 36.4 Å². The van der Waals surface area contributed by atoms with Crippen molar-refractivity contribution in [2.45, 2.75) is 32.7 Å². The van der Waals surface area contributed by atoms with Gasteiger partial charge in [-0.2, -0.15) is 9.36 Å². The van der Waals surface area contributed by atoms with Crippen molar-refractivity contribution in [3.8, 4) is 10.9 Å². The van der Waals surface area contributed by atoms with Crippen LogP contribution in [0.25, 0.3) is 0 Å². The topological polar surface area (TPSA) is 64.1 Å². The number of amides is 1. The van der Waals surface area contributed by atoms with Gasteiger partial charge in [-0.3, -0.25) is 4.79 Å². The zero-order valence-electron chi connectivity index (χ0n) is 15.1. The Bertz CT molecular complexity index is 912. The number of ether oxygens (including phenoxy) is 1. The van der Waals surface area contributed by atoms with Crippen molar-refractivity contribution >= 4 is 17.4 Å². The highest BCUT2D eigenvalue weighted by atomic mass is 32.1. The molecule has 140 valence electrons. The molecule has 1 aromatic heterocycles. The maximum absolute atomic E-state index is 13.0. The minimum absolute atomic E-state index is 0.110. The number of nitrogens with zero attached hydrogens (tertiary/aromatic N) is 2. The Morgan fingerprint density at radius 2 is 2.04 bits per heavy atom. The number of hydrogen-bond acceptors (Lipinski definition) is 5. The third kappa shape index (κ3) is 5.34. The summed E-state index contributed by atoms with van der Waals surface area (Å²) in [6.45, 7) is 3.98. The number of benzene rings is 2. The van der Waals surface area contributed by atoms with Crippen molar-refractivity contribution in [3.05, 3.63) is 71.3 Å². The summed E-state index contributed by atoms with van der Waals surface area (Å²) in [6.07, 6.45) is 1.36. The summed E-state index contributed by atoms with van der Waals surface area (Å²) in [6, 6.07) is 13.3. The van der Waals surface area contributed by atoms with Crippen molar-refractivity contribution in [2.75, 3.05) is 0 Å². The summed E-state index contributed by atoms with van der Waals surface area (Å²) in [5.74, 6) is 0.721. The normalized spacial score (nSPS) is 11.8. The maximum Gasteiger partial charge on any atom is 0.298 e. The molecule has 5 nitrogen and oxygen atoms in total. The second-order valence-corrected chi connectivity index (χ2v) is 6.91. The van der Waals surface area contributed by atoms with Gasteiger partial charge in [0.1, 0.15) is 11.6 Å². The van der Waals surface area contributed by atoms with Gasteiger partial charge >= 0.3 is 0 Å². The first kappa shape index (κ1) is 19.0. The van der Waals surface area contributed by atoms with E-state index in [1.807, 2.05) is 13.8 Å². The van der Waals surface area contributed by atoms with Crippen LogP contribution in [-0.2, 0) is 6.42 Å². The number of carbonyl (C=O) groups excluding carboxylic acids is 1. The highest BCUT2D eigenvalue weighted by Crippen LogP contribution is 2.24. The molecule has 0 aliphatic carbocycles. The van der Waals surface area contributed by atoms with Crippen LogP contribution in [0.2, 0.25) is 0 Å². The standard InChI is InChI=1S/C20H20FN3O2S/c1-3-13(2)22-19(25)15-5-4-6-17(12-15)26-20-23-18(24-27-20)11-14-7-9-16(21)10-8-14/h4-10,12-13H,3,11H2,1-2H3,(H,22,25). The van der Waals surface area contributed by atoms with E-state index in [4.69, 9.17) is 4.74 Å². The van der Waals surface area contributed by atoms with Gasteiger partial charge in [-0.1, -0.05) is 25.1 Å². The SMILES string of the molecule is CCC(C)NC(=O)c1cccc(Oc2nc(Cc3ccc(F)cc3)ns2)c1. The van der Waals surface area contributed by atoms with E-state index < -0.39 is 0 Å². The lowest BCUT2D eigenvalue weighted by Crippen LogP contribution is -2.31. The minimum Gasteiger partial charge on any atom is -0.430 e. The molecule has 0 spiro atoms. The lowest BCUT2D eigenvalue weighted by atomic mass is 10.1. The molecule has 0 bridgehead atoms. The molecule has 1 atom stereocenters. The first-order chi connectivity index (χ1) is 13.0. The Morgan fingerprint density at radius 3 is 2.78 bits per heavy atom. The smallest absolute Gasteiger partial charge is 0.298 e. The fourth-order valence-electron chi connectivity index (χ4n) is 2.35. The van der Waals surface area contributed by atoms with Crippen molar-refractivity contribution in [1.29, 1.82) is 0 Å². The van der Waals surface area contributed by atoms with E-state index in [2.05, 4.69) is 14.7 Å². The van der Waals surface area contributed by atoms with Crippen LogP contribution in [0.3, 0.4) is 0 Å². The first-order valence-electron chi connectivity index (χ1n) is 8.69. The van der Waals surface area contributed by atoms with Crippen molar-refractivity contribution in [1.82, 2.24) is 14.7 Å². The van der Waals surface area contributed by atoms with E-state index in [9.17, 15) is 9.18 Å². The third-order valence-electron chi connectivity index (χ3n) is 4.02. The quantitative estimate of drug-likeness (QED) is 0.646. The third-order valence-corrected chi connectivity index (χ3v) is 4.65. The summed E-state index contributed by atoms with van der Waals surface area (Å²) in [5, 5.41) is 3.32. The van der Waals surface area contributed by atoms with Gasteiger partial charge in [-0.15, -0.1) is 0 Å². The number of hydrogen-bond donors (Lipinski definition) is 1. The van der Waals surface area contributed by atoms with E-state index in [-0.39, 0.29) is 17.8 Å². The molecule has 3 rings (SSSR count). The van der Waals surface area contributed by atoms with Crippen LogP contribution < -0.4 is 10.1 Å². The molecule has 0 saturated carbocycles. The van der Waals surface area contributed by atoms with Crippen LogP contribution in [0.5, 0.6) is 10.9 Å². The molecule has 1 amide bonds. The number of halogens is 1. The predicted molar refractivity (Wildman–Crippen MR) is 103 cm³/mol. The Morgan fingerprint density at radius 1 is 1.26 bits per heavy atom. The molecule has 2 aromatic carbocycles. The monoisotopic (exact) mass is 385 g/mol. The molecule has 0 fully saturated rings. The molecule has 1 unspecified atom stereocenters. The molecule has 0 aliphatic heterocycles. The minimum atomic E-state index is -0.272. The van der Waals surface area contributed by atoms with E-state index in [0.717, 1.165) is 23.5 Å². The van der Waals surface area contributed by atoms with Crippen molar-refractivity contribution < 1.29 is 13.9 Å². The summed E-state index contributed by atoms with van der Waals surface area (Å²) >= 11 is 1.14. The van der Waals surface area contributed by atoms with Gasteiger partial charge in [0, 0.05) is 29.6 Å². The van der Waals surface area contributed by atoms with Crippen LogP contribution in [0, 0.1) is 5.82 Å². The largest absolute Gasteiger partial charge is 0.430 e. The van der Waals surface area contributed by atoms with Gasteiger partial charge in [0.2, 0.25) is 0 Å². The molecular weight excluding hydrogens is 365 g/mol. The average Bonchev–Trinajstić information content (AvgIpc) is 3.10. The maximum atomic E-state index is 13.0. The Balaban J connectivity index is 1.65. The molecule has 0 saturated heterocycles. The Kier molecular flexibility index (Phi) is 6.13. The van der Waals surface area contributed by atoms with Crippen LogP contribution in [0.4, 0.5) is 4.39 Å². The second kappa shape index (κ2) is 8.73. The van der Waals surface area contributed by atoms with Crippen LogP contribution in [0.1, 0.15) is 42.0 Å². The highest BCUT2D eigenvalue weighted by Gasteiger charge is 2.11. The summed E-state index contributed by atoms with van der Waals surface area (Å²) < 4.78 is 23.0. The molecule has 0 radical (unpaired) electrons. The van der Waals surface area contributed by atoms with Gasteiger partial charge < -0.3 is 10.1 Å². The molecule has 1 N–H and O–H groups in total. The van der Waals surface area contributed by atoms with Gasteiger partial charge in [0.15, 0.2) is 5.82 Å². The molecular formula is C20H20FN3O2S. The number of nitrogens with one attached hydrogen (secondary N) is 1. The Hall–Kier alpha value is -2.80.